The molecule has 1 amide bonds. The summed E-state index contributed by atoms with van der Waals surface area (Å²) >= 11 is 5.96. The van der Waals surface area contributed by atoms with E-state index in [1.165, 1.54) is 17.5 Å². The Morgan fingerprint density at radius 1 is 1.17 bits per heavy atom. The van der Waals surface area contributed by atoms with Crippen LogP contribution in [0.15, 0.2) is 77.7 Å². The number of nitrogens with one attached hydrogen (secondary N) is 1. The zero-order chi connectivity index (χ0) is 20.2. The highest BCUT2D eigenvalue weighted by Crippen LogP contribution is 2.32. The molecule has 1 aliphatic rings. The van der Waals surface area contributed by atoms with Crippen LogP contribution in [0.4, 0.5) is 0 Å². The fourth-order valence-corrected chi connectivity index (χ4v) is 3.04. The zero-order valence-corrected chi connectivity index (χ0v) is 15.9. The van der Waals surface area contributed by atoms with Crippen LogP contribution in [0.2, 0.25) is 5.02 Å². The van der Waals surface area contributed by atoms with Crippen molar-refractivity contribution in [1.82, 2.24) is 15.4 Å². The average Bonchev–Trinajstić information content (AvgIpc) is 3.43. The molecule has 0 fully saturated rings. The van der Waals surface area contributed by atoms with Gasteiger partial charge in [0.1, 0.15) is 11.8 Å². The molecule has 7 nitrogen and oxygen atoms in total. The van der Waals surface area contributed by atoms with Gasteiger partial charge in [0.25, 0.3) is 5.91 Å². The number of aromatic nitrogens is 1. The maximum absolute atomic E-state index is 12.8. The van der Waals surface area contributed by atoms with E-state index in [-0.39, 0.29) is 5.56 Å². The lowest BCUT2D eigenvalue weighted by atomic mass is 10.1. The highest BCUT2D eigenvalue weighted by molar-refractivity contribution is 6.30. The lowest BCUT2D eigenvalue weighted by molar-refractivity contribution is -0.138. The van der Waals surface area contributed by atoms with Crippen LogP contribution in [0.25, 0.3) is 5.70 Å². The van der Waals surface area contributed by atoms with E-state index in [1.54, 1.807) is 42.6 Å². The first-order valence-electron chi connectivity index (χ1n) is 8.79. The molecule has 2 aromatic heterocycles. The van der Waals surface area contributed by atoms with E-state index in [2.05, 4.69) is 10.4 Å². The van der Waals surface area contributed by atoms with Gasteiger partial charge in [-0.3, -0.25) is 15.2 Å². The summed E-state index contributed by atoms with van der Waals surface area (Å²) < 4.78 is 10.6. The van der Waals surface area contributed by atoms with E-state index in [4.69, 9.17) is 20.8 Å². The number of hydrazine groups is 1. The van der Waals surface area contributed by atoms with Crippen LogP contribution in [0.5, 0.6) is 0 Å². The van der Waals surface area contributed by atoms with E-state index in [1.807, 2.05) is 18.2 Å². The van der Waals surface area contributed by atoms with E-state index in [0.717, 1.165) is 11.3 Å². The molecule has 1 aliphatic heterocycles. The Morgan fingerprint density at radius 2 is 2.00 bits per heavy atom. The summed E-state index contributed by atoms with van der Waals surface area (Å²) in [5.74, 6) is -0.469. The molecule has 0 saturated carbocycles. The second-order valence-corrected chi connectivity index (χ2v) is 6.68. The quantitative estimate of drug-likeness (QED) is 0.648. The van der Waals surface area contributed by atoms with Gasteiger partial charge in [-0.1, -0.05) is 23.7 Å². The van der Waals surface area contributed by atoms with Crippen LogP contribution in [-0.4, -0.2) is 28.5 Å². The maximum Gasteiger partial charge on any atom is 0.340 e. The number of pyridine rings is 1. The van der Waals surface area contributed by atoms with Gasteiger partial charge in [-0.25, -0.2) is 9.80 Å². The molecule has 0 aliphatic carbocycles. The SMILES string of the molecule is O=C(OCC(=O)N1NC(c2ccc(Cl)cc2)=C[C@H]1c1ccco1)c1cccnc1. The van der Waals surface area contributed by atoms with Crippen molar-refractivity contribution in [2.24, 2.45) is 0 Å². The second kappa shape index (κ2) is 8.20. The molecule has 0 radical (unpaired) electrons. The van der Waals surface area contributed by atoms with Crippen LogP contribution in [0.3, 0.4) is 0 Å². The van der Waals surface area contributed by atoms with E-state index >= 15 is 0 Å². The van der Waals surface area contributed by atoms with Gasteiger partial charge in [-0.15, -0.1) is 0 Å². The maximum atomic E-state index is 12.8. The predicted molar refractivity (Wildman–Crippen MR) is 105 cm³/mol. The summed E-state index contributed by atoms with van der Waals surface area (Å²) in [6.45, 7) is -0.431. The average molecular weight is 410 g/mol. The van der Waals surface area contributed by atoms with Crippen molar-refractivity contribution >= 4 is 29.2 Å². The number of rotatable bonds is 5. The van der Waals surface area contributed by atoms with Crippen LogP contribution in [0.1, 0.15) is 27.7 Å². The minimum absolute atomic E-state index is 0.275. The molecule has 1 atom stereocenters. The summed E-state index contributed by atoms with van der Waals surface area (Å²) in [7, 11) is 0. The van der Waals surface area contributed by atoms with Crippen molar-refractivity contribution in [3.05, 3.63) is 95.2 Å². The van der Waals surface area contributed by atoms with Crippen molar-refractivity contribution in [3.8, 4) is 0 Å². The molecule has 0 saturated heterocycles. The van der Waals surface area contributed by atoms with Crippen LogP contribution in [-0.2, 0) is 9.53 Å². The third kappa shape index (κ3) is 4.14. The molecular weight excluding hydrogens is 394 g/mol. The fourth-order valence-electron chi connectivity index (χ4n) is 2.91. The van der Waals surface area contributed by atoms with Gasteiger partial charge in [-0.05, 0) is 48.0 Å². The minimum atomic E-state index is -0.619. The first kappa shape index (κ1) is 18.8. The van der Waals surface area contributed by atoms with E-state index in [0.29, 0.717) is 10.8 Å². The van der Waals surface area contributed by atoms with E-state index < -0.39 is 24.5 Å². The summed E-state index contributed by atoms with van der Waals surface area (Å²) in [6.07, 6.45) is 6.33. The smallest absolute Gasteiger partial charge is 0.340 e. The number of amides is 1. The molecule has 3 aromatic rings. The molecule has 1 aromatic carbocycles. The largest absolute Gasteiger partial charge is 0.467 e. The molecule has 0 unspecified atom stereocenters. The monoisotopic (exact) mass is 409 g/mol. The summed E-state index contributed by atoms with van der Waals surface area (Å²) in [4.78, 5) is 28.8. The number of furan rings is 1. The molecule has 0 bridgehead atoms. The molecule has 1 N–H and O–H groups in total. The van der Waals surface area contributed by atoms with E-state index in [9.17, 15) is 9.59 Å². The zero-order valence-electron chi connectivity index (χ0n) is 15.1. The van der Waals surface area contributed by atoms with Gasteiger partial charge in [0.2, 0.25) is 0 Å². The lowest BCUT2D eigenvalue weighted by Gasteiger charge is -2.23. The standard InChI is InChI=1S/C21H16ClN3O4/c22-16-7-5-14(6-8-16)17-11-18(19-4-2-10-28-19)25(24-17)20(26)13-29-21(27)15-3-1-9-23-12-15/h1-12,18,24H,13H2/t18-/m0/s1. The van der Waals surface area contributed by atoms with Gasteiger partial charge in [0.05, 0.1) is 17.5 Å². The number of halogens is 1. The Bertz CT molecular complexity index is 1030. The van der Waals surface area contributed by atoms with Crippen molar-refractivity contribution in [2.75, 3.05) is 6.61 Å². The van der Waals surface area contributed by atoms with Crippen LogP contribution in [0, 0.1) is 0 Å². The van der Waals surface area contributed by atoms with Crippen LogP contribution >= 0.6 is 11.6 Å². The number of hydrogen-bond donors (Lipinski definition) is 1. The number of ether oxygens (including phenoxy) is 1. The van der Waals surface area contributed by atoms with Gasteiger partial charge in [0, 0.05) is 17.4 Å². The number of esters is 1. The van der Waals surface area contributed by atoms with Crippen molar-refractivity contribution in [2.45, 2.75) is 6.04 Å². The van der Waals surface area contributed by atoms with Gasteiger partial charge in [0.15, 0.2) is 6.61 Å². The van der Waals surface area contributed by atoms with Gasteiger partial charge in [-0.2, -0.15) is 0 Å². The first-order chi connectivity index (χ1) is 14.1. The van der Waals surface area contributed by atoms with Crippen molar-refractivity contribution < 1.29 is 18.7 Å². The van der Waals surface area contributed by atoms with Crippen LogP contribution < -0.4 is 5.43 Å². The first-order valence-corrected chi connectivity index (χ1v) is 9.16. The summed E-state index contributed by atoms with van der Waals surface area (Å²) in [6, 6.07) is 13.4. The highest BCUT2D eigenvalue weighted by Gasteiger charge is 2.33. The second-order valence-electron chi connectivity index (χ2n) is 6.24. The number of nitrogens with zero attached hydrogens (tertiary/aromatic N) is 2. The topological polar surface area (TPSA) is 84.7 Å². The molecule has 4 rings (SSSR count). The number of hydrogen-bond acceptors (Lipinski definition) is 6. The molecule has 0 spiro atoms. The number of carbonyl (C=O) groups excluding carboxylic acids is 2. The van der Waals surface area contributed by atoms with Gasteiger partial charge >= 0.3 is 5.97 Å². The third-order valence-electron chi connectivity index (χ3n) is 4.33. The Kier molecular flexibility index (Phi) is 5.31. The summed E-state index contributed by atoms with van der Waals surface area (Å²) in [5.41, 5.74) is 4.91. The third-order valence-corrected chi connectivity index (χ3v) is 4.58. The summed E-state index contributed by atoms with van der Waals surface area (Å²) in [5, 5.41) is 1.99. The molecule has 8 heteroatoms. The Labute approximate surface area is 171 Å². The molecular formula is C21H16ClN3O4. The number of benzene rings is 1. The lowest BCUT2D eigenvalue weighted by Crippen LogP contribution is -2.41. The minimum Gasteiger partial charge on any atom is -0.467 e. The fraction of sp³-hybridized carbons (Fsp3) is 0.0952. The van der Waals surface area contributed by atoms with Gasteiger partial charge < -0.3 is 9.15 Å². The Morgan fingerprint density at radius 3 is 2.69 bits per heavy atom. The molecule has 3 heterocycles. The Balaban J connectivity index is 1.50. The van der Waals surface area contributed by atoms with Crippen molar-refractivity contribution in [3.63, 3.8) is 0 Å². The normalized spacial score (nSPS) is 15.6. The molecule has 29 heavy (non-hydrogen) atoms. The molecule has 146 valence electrons. The van der Waals surface area contributed by atoms with Crippen molar-refractivity contribution in [1.29, 1.82) is 0 Å². The Hall–Kier alpha value is -3.58. The number of carbonyl (C=O) groups is 2. The highest BCUT2D eigenvalue weighted by atomic mass is 35.5. The predicted octanol–water partition coefficient (Wildman–Crippen LogP) is 3.61.